The van der Waals surface area contributed by atoms with Crippen LogP contribution in [0.15, 0.2) is 24.5 Å². The summed E-state index contributed by atoms with van der Waals surface area (Å²) in [5, 5.41) is 0. The molecule has 2 aliphatic heterocycles. The summed E-state index contributed by atoms with van der Waals surface area (Å²) in [6, 6.07) is 5.28. The molecule has 0 unspecified atom stereocenters. The second-order valence-electron chi connectivity index (χ2n) is 8.52. The molecular weight excluding hydrogens is 334 g/mol. The highest BCUT2D eigenvalue weighted by molar-refractivity contribution is 5.55. The molecule has 0 radical (unpaired) electrons. The fraction of sp³-hybridized carbons (Fsp3) is 0.636. The van der Waals surface area contributed by atoms with Crippen molar-refractivity contribution in [3.8, 4) is 11.4 Å². The molecule has 0 aromatic carbocycles. The number of rotatable bonds is 4. The van der Waals surface area contributed by atoms with Crippen LogP contribution in [-0.2, 0) is 13.5 Å². The Balaban J connectivity index is 1.34. The Morgan fingerprint density at radius 2 is 1.74 bits per heavy atom. The molecule has 2 aromatic heterocycles. The molecule has 0 bridgehead atoms. The quantitative estimate of drug-likeness (QED) is 0.832. The van der Waals surface area contributed by atoms with Gasteiger partial charge in [0.2, 0.25) is 0 Å². The van der Waals surface area contributed by atoms with E-state index in [1.165, 1.54) is 63.8 Å². The van der Waals surface area contributed by atoms with Crippen LogP contribution in [0.5, 0.6) is 0 Å². The summed E-state index contributed by atoms with van der Waals surface area (Å²) in [5.41, 5.74) is 3.56. The molecule has 4 rings (SSSR count). The van der Waals surface area contributed by atoms with Crippen LogP contribution in [0.4, 0.5) is 0 Å². The van der Waals surface area contributed by atoms with Crippen molar-refractivity contribution in [2.45, 2.75) is 45.1 Å². The van der Waals surface area contributed by atoms with Crippen LogP contribution in [0.3, 0.4) is 0 Å². The molecule has 0 saturated carbocycles. The highest BCUT2D eigenvalue weighted by atomic mass is 15.2. The lowest BCUT2D eigenvalue weighted by Gasteiger charge is -2.41. The van der Waals surface area contributed by atoms with Crippen molar-refractivity contribution in [1.82, 2.24) is 24.3 Å². The van der Waals surface area contributed by atoms with Crippen LogP contribution >= 0.6 is 0 Å². The van der Waals surface area contributed by atoms with Gasteiger partial charge in [-0.3, -0.25) is 4.98 Å². The number of pyridine rings is 1. The summed E-state index contributed by atoms with van der Waals surface area (Å²) in [6.45, 7) is 7.11. The number of hydrogen-bond acceptors (Lipinski definition) is 4. The van der Waals surface area contributed by atoms with E-state index in [1.54, 1.807) is 0 Å². The third-order valence-electron chi connectivity index (χ3n) is 6.69. The van der Waals surface area contributed by atoms with Crippen molar-refractivity contribution >= 4 is 0 Å². The first-order valence-electron chi connectivity index (χ1n) is 10.5. The molecule has 2 saturated heterocycles. The minimum absolute atomic E-state index is 0.802. The Kier molecular flexibility index (Phi) is 5.60. The molecule has 5 nitrogen and oxygen atoms in total. The predicted octanol–water partition coefficient (Wildman–Crippen LogP) is 3.14. The molecule has 146 valence electrons. The zero-order valence-corrected chi connectivity index (χ0v) is 17.1. The van der Waals surface area contributed by atoms with Crippen LogP contribution in [0.25, 0.3) is 11.4 Å². The van der Waals surface area contributed by atoms with Crippen molar-refractivity contribution in [2.75, 3.05) is 33.2 Å². The van der Waals surface area contributed by atoms with Gasteiger partial charge in [-0.1, -0.05) is 0 Å². The Morgan fingerprint density at radius 1 is 1.00 bits per heavy atom. The monoisotopic (exact) mass is 367 g/mol. The maximum absolute atomic E-state index is 4.58. The SMILES string of the molecule is Cc1ncc(-c2cc(CC3CCN(C4CCN(C)CC4)CC3)ccn2)n1C. The van der Waals surface area contributed by atoms with Crippen LogP contribution in [0, 0.1) is 12.8 Å². The molecule has 0 aliphatic carbocycles. The van der Waals surface area contributed by atoms with Crippen molar-refractivity contribution in [1.29, 1.82) is 0 Å². The van der Waals surface area contributed by atoms with E-state index in [0.29, 0.717) is 0 Å². The van der Waals surface area contributed by atoms with Gasteiger partial charge in [0.25, 0.3) is 0 Å². The molecular formula is C22H33N5. The van der Waals surface area contributed by atoms with Crippen LogP contribution in [0.1, 0.15) is 37.1 Å². The standard InChI is InChI=1S/C22H33N5/c1-17-24-16-22(26(17)3)21-15-19(4-9-23-21)14-18-5-12-27(13-6-18)20-7-10-25(2)11-8-20/h4,9,15-16,18,20H,5-8,10-14H2,1-3H3. The van der Waals surface area contributed by atoms with Gasteiger partial charge in [-0.25, -0.2) is 4.98 Å². The molecule has 0 spiro atoms. The number of likely N-dealkylation sites (tertiary alicyclic amines) is 2. The number of aryl methyl sites for hydroxylation is 1. The summed E-state index contributed by atoms with van der Waals surface area (Å²) in [7, 11) is 4.31. The van der Waals surface area contributed by atoms with E-state index in [9.17, 15) is 0 Å². The van der Waals surface area contributed by atoms with Gasteiger partial charge in [-0.2, -0.15) is 0 Å². The highest BCUT2D eigenvalue weighted by Gasteiger charge is 2.27. The molecule has 2 aromatic rings. The fourth-order valence-electron chi connectivity index (χ4n) is 4.70. The third kappa shape index (κ3) is 4.25. The zero-order valence-electron chi connectivity index (χ0n) is 17.1. The summed E-state index contributed by atoms with van der Waals surface area (Å²) in [6.07, 6.45) is 10.4. The van der Waals surface area contributed by atoms with Crippen LogP contribution in [-0.4, -0.2) is 63.6 Å². The van der Waals surface area contributed by atoms with Gasteiger partial charge < -0.3 is 14.4 Å². The van der Waals surface area contributed by atoms with Gasteiger partial charge in [0.05, 0.1) is 17.6 Å². The van der Waals surface area contributed by atoms with E-state index >= 15 is 0 Å². The molecule has 0 N–H and O–H groups in total. The second kappa shape index (κ2) is 8.11. The number of aromatic nitrogens is 3. The van der Waals surface area contributed by atoms with E-state index in [0.717, 1.165) is 29.2 Å². The molecule has 2 fully saturated rings. The van der Waals surface area contributed by atoms with Crippen molar-refractivity contribution in [3.05, 3.63) is 35.9 Å². The van der Waals surface area contributed by atoms with E-state index < -0.39 is 0 Å². The van der Waals surface area contributed by atoms with Crippen molar-refractivity contribution in [3.63, 3.8) is 0 Å². The number of imidazole rings is 1. The number of nitrogens with zero attached hydrogens (tertiary/aromatic N) is 5. The molecule has 5 heteroatoms. The lowest BCUT2D eigenvalue weighted by atomic mass is 9.88. The minimum Gasteiger partial charge on any atom is -0.330 e. The normalized spacial score (nSPS) is 21.0. The predicted molar refractivity (Wildman–Crippen MR) is 110 cm³/mol. The Hall–Kier alpha value is -1.72. The molecule has 2 aliphatic rings. The van der Waals surface area contributed by atoms with Crippen LogP contribution < -0.4 is 0 Å². The van der Waals surface area contributed by atoms with E-state index in [1.807, 2.05) is 19.3 Å². The zero-order chi connectivity index (χ0) is 18.8. The Morgan fingerprint density at radius 3 is 2.41 bits per heavy atom. The van der Waals surface area contributed by atoms with Crippen molar-refractivity contribution in [2.24, 2.45) is 13.0 Å². The first-order chi connectivity index (χ1) is 13.1. The van der Waals surface area contributed by atoms with Gasteiger partial charge in [0.15, 0.2) is 0 Å². The molecule has 0 atom stereocenters. The van der Waals surface area contributed by atoms with Gasteiger partial charge in [0.1, 0.15) is 5.82 Å². The lowest BCUT2D eigenvalue weighted by molar-refractivity contribution is 0.0855. The maximum atomic E-state index is 4.58. The lowest BCUT2D eigenvalue weighted by Crippen LogP contribution is -2.47. The van der Waals surface area contributed by atoms with Crippen LogP contribution in [0.2, 0.25) is 0 Å². The molecule has 4 heterocycles. The van der Waals surface area contributed by atoms with Crippen molar-refractivity contribution < 1.29 is 0 Å². The molecule has 0 amide bonds. The highest BCUT2D eigenvalue weighted by Crippen LogP contribution is 2.27. The summed E-state index contributed by atoms with van der Waals surface area (Å²) < 4.78 is 2.12. The first-order valence-corrected chi connectivity index (χ1v) is 10.5. The number of hydrogen-bond donors (Lipinski definition) is 0. The summed E-state index contributed by atoms with van der Waals surface area (Å²) >= 11 is 0. The summed E-state index contributed by atoms with van der Waals surface area (Å²) in [4.78, 5) is 14.2. The number of piperidine rings is 2. The van der Waals surface area contributed by atoms with Gasteiger partial charge >= 0.3 is 0 Å². The van der Waals surface area contributed by atoms with E-state index in [-0.39, 0.29) is 0 Å². The maximum Gasteiger partial charge on any atom is 0.105 e. The molecule has 27 heavy (non-hydrogen) atoms. The van der Waals surface area contributed by atoms with E-state index in [2.05, 4.69) is 50.6 Å². The largest absolute Gasteiger partial charge is 0.330 e. The average Bonchev–Trinajstić information content (AvgIpc) is 3.02. The minimum atomic E-state index is 0.802. The van der Waals surface area contributed by atoms with Gasteiger partial charge in [0, 0.05) is 19.3 Å². The topological polar surface area (TPSA) is 37.2 Å². The Labute approximate surface area is 163 Å². The summed E-state index contributed by atoms with van der Waals surface area (Å²) in [5.74, 6) is 1.83. The fourth-order valence-corrected chi connectivity index (χ4v) is 4.70. The third-order valence-corrected chi connectivity index (χ3v) is 6.69. The van der Waals surface area contributed by atoms with Gasteiger partial charge in [-0.15, -0.1) is 0 Å². The average molecular weight is 368 g/mol. The first kappa shape index (κ1) is 18.6. The second-order valence-corrected chi connectivity index (χ2v) is 8.52. The smallest absolute Gasteiger partial charge is 0.105 e. The van der Waals surface area contributed by atoms with Gasteiger partial charge in [-0.05, 0) is 95.9 Å². The van der Waals surface area contributed by atoms with E-state index in [4.69, 9.17) is 0 Å². The Bertz CT molecular complexity index is 752.